The largest absolute Gasteiger partial charge is 0.484 e. The van der Waals surface area contributed by atoms with Crippen LogP contribution in [0.2, 0.25) is 5.02 Å². The molecule has 2 aromatic rings. The molecule has 0 saturated carbocycles. The molecule has 0 spiro atoms. The zero-order valence-electron chi connectivity index (χ0n) is 12.1. The number of anilines is 1. The highest BCUT2D eigenvalue weighted by Gasteiger charge is 2.16. The van der Waals surface area contributed by atoms with Crippen LogP contribution >= 0.6 is 11.6 Å². The lowest BCUT2D eigenvalue weighted by Gasteiger charge is -2.07. The van der Waals surface area contributed by atoms with Crippen molar-refractivity contribution in [2.45, 2.75) is 0 Å². The van der Waals surface area contributed by atoms with Crippen molar-refractivity contribution < 1.29 is 14.3 Å². The first kappa shape index (κ1) is 15.8. The molecule has 0 radical (unpaired) electrons. The predicted octanol–water partition coefficient (Wildman–Crippen LogP) is 1.45. The second-order valence-corrected chi connectivity index (χ2v) is 4.87. The van der Waals surface area contributed by atoms with Gasteiger partial charge >= 0.3 is 0 Å². The molecule has 0 bridgehead atoms. The molecule has 1 heterocycles. The average molecular weight is 323 g/mol. The number of hydrogen-bond donors (Lipinski definition) is 2. The highest BCUT2D eigenvalue weighted by Crippen LogP contribution is 2.16. The summed E-state index contributed by atoms with van der Waals surface area (Å²) in [5, 5.41) is 9.64. The molecular formula is C14H15ClN4O3. The van der Waals surface area contributed by atoms with Crippen molar-refractivity contribution in [2.24, 2.45) is 7.05 Å². The van der Waals surface area contributed by atoms with Crippen LogP contribution in [-0.2, 0) is 11.8 Å². The topological polar surface area (TPSA) is 85.3 Å². The van der Waals surface area contributed by atoms with Crippen molar-refractivity contribution in [1.82, 2.24) is 15.1 Å². The van der Waals surface area contributed by atoms with Gasteiger partial charge in [-0.2, -0.15) is 5.10 Å². The molecule has 7 nitrogen and oxygen atoms in total. The van der Waals surface area contributed by atoms with E-state index < -0.39 is 5.91 Å². The zero-order valence-corrected chi connectivity index (χ0v) is 12.8. The summed E-state index contributed by atoms with van der Waals surface area (Å²) in [6, 6.07) is 6.66. The maximum absolute atomic E-state index is 11.9. The van der Waals surface area contributed by atoms with Gasteiger partial charge in [-0.05, 0) is 24.3 Å². The van der Waals surface area contributed by atoms with Crippen LogP contribution in [0.5, 0.6) is 5.75 Å². The molecule has 116 valence electrons. The van der Waals surface area contributed by atoms with Crippen LogP contribution in [-0.4, -0.2) is 35.2 Å². The lowest BCUT2D eigenvalue weighted by Crippen LogP contribution is -2.24. The molecule has 1 aromatic heterocycles. The standard InChI is InChI=1S/C14H15ClN4O3/c1-16-14(21)13-11(7-19(2)18-13)17-12(20)8-22-10-5-3-9(15)4-6-10/h3-7H,8H2,1-2H3,(H,16,21)(H,17,20). The molecule has 2 rings (SSSR count). The summed E-state index contributed by atoms with van der Waals surface area (Å²) in [6.45, 7) is -0.191. The highest BCUT2D eigenvalue weighted by molar-refractivity contribution is 6.30. The van der Waals surface area contributed by atoms with E-state index in [1.807, 2.05) is 0 Å². The van der Waals surface area contributed by atoms with Crippen LogP contribution in [0.3, 0.4) is 0 Å². The van der Waals surface area contributed by atoms with Gasteiger partial charge in [-0.1, -0.05) is 11.6 Å². The first-order chi connectivity index (χ1) is 10.5. The molecule has 2 amide bonds. The van der Waals surface area contributed by atoms with Crippen LogP contribution in [0.15, 0.2) is 30.5 Å². The van der Waals surface area contributed by atoms with E-state index in [9.17, 15) is 9.59 Å². The maximum atomic E-state index is 11.9. The molecule has 22 heavy (non-hydrogen) atoms. The molecule has 0 fully saturated rings. The minimum Gasteiger partial charge on any atom is -0.484 e. The summed E-state index contributed by atoms with van der Waals surface area (Å²) in [4.78, 5) is 23.6. The fourth-order valence-electron chi connectivity index (χ4n) is 1.73. The van der Waals surface area contributed by atoms with Crippen molar-refractivity contribution in [3.05, 3.63) is 41.2 Å². The Kier molecular flexibility index (Phi) is 5.00. The Bertz CT molecular complexity index is 682. The fraction of sp³-hybridized carbons (Fsp3) is 0.214. The summed E-state index contributed by atoms with van der Waals surface area (Å²) in [7, 11) is 3.15. The molecule has 1 aromatic carbocycles. The average Bonchev–Trinajstić information content (AvgIpc) is 2.86. The van der Waals surface area contributed by atoms with Crippen molar-refractivity contribution in [3.8, 4) is 5.75 Å². The third-order valence-corrected chi connectivity index (χ3v) is 2.98. The van der Waals surface area contributed by atoms with E-state index in [-0.39, 0.29) is 18.2 Å². The lowest BCUT2D eigenvalue weighted by atomic mass is 10.3. The third-order valence-electron chi connectivity index (χ3n) is 2.73. The van der Waals surface area contributed by atoms with Crippen molar-refractivity contribution in [2.75, 3.05) is 19.0 Å². The quantitative estimate of drug-likeness (QED) is 0.872. The highest BCUT2D eigenvalue weighted by atomic mass is 35.5. The summed E-state index contributed by atoms with van der Waals surface area (Å²) >= 11 is 5.76. The van der Waals surface area contributed by atoms with E-state index in [0.29, 0.717) is 16.5 Å². The summed E-state index contributed by atoms with van der Waals surface area (Å²) < 4.78 is 6.77. The fourth-order valence-corrected chi connectivity index (χ4v) is 1.86. The van der Waals surface area contributed by atoms with Crippen molar-refractivity contribution in [3.63, 3.8) is 0 Å². The molecular weight excluding hydrogens is 308 g/mol. The number of aromatic nitrogens is 2. The number of rotatable bonds is 5. The monoisotopic (exact) mass is 322 g/mol. The smallest absolute Gasteiger partial charge is 0.273 e. The Morgan fingerprint density at radius 1 is 1.32 bits per heavy atom. The number of aryl methyl sites for hydroxylation is 1. The number of ether oxygens (including phenoxy) is 1. The van der Waals surface area contributed by atoms with E-state index in [4.69, 9.17) is 16.3 Å². The summed E-state index contributed by atoms with van der Waals surface area (Å²) in [5.74, 6) is -0.250. The van der Waals surface area contributed by atoms with E-state index >= 15 is 0 Å². The maximum Gasteiger partial charge on any atom is 0.273 e. The Morgan fingerprint density at radius 3 is 2.64 bits per heavy atom. The molecule has 8 heteroatoms. The lowest BCUT2D eigenvalue weighted by molar-refractivity contribution is -0.118. The predicted molar refractivity (Wildman–Crippen MR) is 82.2 cm³/mol. The van der Waals surface area contributed by atoms with Gasteiger partial charge in [-0.3, -0.25) is 14.3 Å². The second-order valence-electron chi connectivity index (χ2n) is 4.43. The van der Waals surface area contributed by atoms with Gasteiger partial charge < -0.3 is 15.4 Å². The molecule has 0 saturated heterocycles. The Balaban J connectivity index is 1.97. The van der Waals surface area contributed by atoms with Gasteiger partial charge in [0.05, 0.1) is 5.69 Å². The summed E-state index contributed by atoms with van der Waals surface area (Å²) in [6.07, 6.45) is 1.55. The minimum absolute atomic E-state index is 0.143. The number of hydrogen-bond acceptors (Lipinski definition) is 4. The van der Waals surface area contributed by atoms with Crippen molar-refractivity contribution >= 4 is 29.1 Å². The Morgan fingerprint density at radius 2 is 2.00 bits per heavy atom. The summed E-state index contributed by atoms with van der Waals surface area (Å²) in [5.41, 5.74) is 0.469. The van der Waals surface area contributed by atoms with Gasteiger partial charge in [0.15, 0.2) is 12.3 Å². The van der Waals surface area contributed by atoms with Crippen LogP contribution in [0.4, 0.5) is 5.69 Å². The number of carbonyl (C=O) groups excluding carboxylic acids is 2. The molecule has 0 atom stereocenters. The van der Waals surface area contributed by atoms with Gasteiger partial charge in [0.1, 0.15) is 5.75 Å². The van der Waals surface area contributed by atoms with E-state index in [1.165, 1.54) is 11.7 Å². The van der Waals surface area contributed by atoms with Gasteiger partial charge in [-0.15, -0.1) is 0 Å². The van der Waals surface area contributed by atoms with Gasteiger partial charge in [0, 0.05) is 25.3 Å². The van der Waals surface area contributed by atoms with Gasteiger partial charge in [-0.25, -0.2) is 0 Å². The van der Waals surface area contributed by atoms with Crippen LogP contribution < -0.4 is 15.4 Å². The Labute approximate surface area is 132 Å². The number of nitrogens with zero attached hydrogens (tertiary/aromatic N) is 2. The van der Waals surface area contributed by atoms with Crippen LogP contribution in [0.1, 0.15) is 10.5 Å². The second kappa shape index (κ2) is 6.95. The number of halogens is 1. The minimum atomic E-state index is -0.395. The molecule has 0 unspecified atom stereocenters. The first-order valence-corrected chi connectivity index (χ1v) is 6.81. The van der Waals surface area contributed by atoms with Gasteiger partial charge in [0.2, 0.25) is 0 Å². The molecule has 0 aliphatic carbocycles. The zero-order chi connectivity index (χ0) is 16.1. The molecule has 0 aliphatic heterocycles. The van der Waals surface area contributed by atoms with Gasteiger partial charge in [0.25, 0.3) is 11.8 Å². The van der Waals surface area contributed by atoms with Crippen LogP contribution in [0, 0.1) is 0 Å². The van der Waals surface area contributed by atoms with Crippen LogP contribution in [0.25, 0.3) is 0 Å². The number of carbonyl (C=O) groups is 2. The number of amides is 2. The number of nitrogens with one attached hydrogen (secondary N) is 2. The molecule has 0 aliphatic rings. The number of benzene rings is 1. The third kappa shape index (κ3) is 3.98. The first-order valence-electron chi connectivity index (χ1n) is 6.43. The van der Waals surface area contributed by atoms with E-state index in [2.05, 4.69) is 15.7 Å². The Hall–Kier alpha value is -2.54. The normalized spacial score (nSPS) is 10.1. The SMILES string of the molecule is CNC(=O)c1nn(C)cc1NC(=O)COc1ccc(Cl)cc1. The molecule has 2 N–H and O–H groups in total. The van der Waals surface area contributed by atoms with E-state index in [1.54, 1.807) is 37.5 Å². The van der Waals surface area contributed by atoms with E-state index in [0.717, 1.165) is 0 Å². The van der Waals surface area contributed by atoms with Crippen molar-refractivity contribution in [1.29, 1.82) is 0 Å².